The lowest BCUT2D eigenvalue weighted by Crippen LogP contribution is -2.68. The van der Waals surface area contributed by atoms with Gasteiger partial charge < -0.3 is 0 Å². The van der Waals surface area contributed by atoms with Crippen molar-refractivity contribution in [3.8, 4) is 0 Å². The number of fused-ring (bicyclic) bond motifs is 5. The van der Waals surface area contributed by atoms with Crippen molar-refractivity contribution in [2.24, 2.45) is 0 Å². The lowest BCUT2D eigenvalue weighted by Gasteiger charge is -2.17. The first kappa shape index (κ1) is 17.1. The molecule has 6 heteroatoms. The lowest BCUT2D eigenvalue weighted by molar-refractivity contribution is -2.00. The molecule has 3 aromatic rings. The first-order valence-electron chi connectivity index (χ1n) is 7.81. The fourth-order valence-corrected chi connectivity index (χ4v) is 3.50. The number of aromatic nitrogens is 1. The Hall–Kier alpha value is -1.76. The molecule has 4 rings (SSSR count). The van der Waals surface area contributed by atoms with Gasteiger partial charge in [0.05, 0.1) is 5.39 Å². The van der Waals surface area contributed by atoms with E-state index in [-0.39, 0.29) is 0 Å². The highest BCUT2D eigenvalue weighted by Crippen LogP contribution is 2.25. The summed E-state index contributed by atoms with van der Waals surface area (Å²) in [5.74, 6) is 0. The molecule has 0 fully saturated rings. The summed E-state index contributed by atoms with van der Waals surface area (Å²) in [5, 5.41) is 2.69. The van der Waals surface area contributed by atoms with Crippen LogP contribution in [0.4, 0.5) is 0 Å². The number of halogens is 1. The molecule has 0 aliphatic heterocycles. The zero-order valence-corrected chi connectivity index (χ0v) is 14.1. The molecule has 0 unspecified atom stereocenters. The summed E-state index contributed by atoms with van der Waals surface area (Å²) in [4.78, 5) is 0. The fraction of sp³-hybridized carbons (Fsp3) is 0.278. The fourth-order valence-electron chi connectivity index (χ4n) is 3.50. The number of benzene rings is 1. The van der Waals surface area contributed by atoms with Gasteiger partial charge in [0.2, 0.25) is 5.52 Å². The number of nitrogens with zero attached hydrogens (tertiary/aromatic N) is 1. The van der Waals surface area contributed by atoms with Crippen LogP contribution in [0, 0.1) is 17.2 Å². The molecule has 126 valence electrons. The molecule has 1 aromatic carbocycles. The Morgan fingerprint density at radius 1 is 0.958 bits per heavy atom. The van der Waals surface area contributed by atoms with Gasteiger partial charge in [0, 0.05) is 24.1 Å². The summed E-state index contributed by atoms with van der Waals surface area (Å²) in [6.45, 7) is 2.27. The van der Waals surface area contributed by atoms with Crippen LogP contribution in [0.15, 0.2) is 42.6 Å². The van der Waals surface area contributed by atoms with E-state index in [0.29, 0.717) is 0 Å². The van der Waals surface area contributed by atoms with E-state index in [1.165, 1.54) is 53.2 Å². The van der Waals surface area contributed by atoms with Gasteiger partial charge in [-0.15, -0.1) is 10.2 Å². The van der Waals surface area contributed by atoms with Gasteiger partial charge in [-0.05, 0) is 43.2 Å². The average Bonchev–Trinajstić information content (AvgIpc) is 2.53. The summed E-state index contributed by atoms with van der Waals surface area (Å²) < 4.78 is 36.4. The molecule has 24 heavy (non-hydrogen) atoms. The number of hydrogen-bond donors (Lipinski definition) is 0. The van der Waals surface area contributed by atoms with Crippen LogP contribution >= 0.6 is 0 Å². The minimum Gasteiger partial charge on any atom is -0.222 e. The Bertz CT molecular complexity index is 883. The van der Waals surface area contributed by atoms with Gasteiger partial charge in [-0.2, -0.15) is 4.40 Å². The van der Waals surface area contributed by atoms with Crippen LogP contribution in [0.2, 0.25) is 0 Å². The third kappa shape index (κ3) is 3.66. The van der Waals surface area contributed by atoms with Crippen LogP contribution in [0.25, 0.3) is 16.3 Å². The third-order valence-corrected chi connectivity index (χ3v) is 4.46. The molecule has 5 nitrogen and oxygen atoms in total. The second-order valence-electron chi connectivity index (χ2n) is 6.00. The van der Waals surface area contributed by atoms with Crippen molar-refractivity contribution in [3.63, 3.8) is 0 Å². The molecule has 1 aliphatic rings. The molecule has 0 bridgehead atoms. The Balaban J connectivity index is 0.000000300. The van der Waals surface area contributed by atoms with Crippen molar-refractivity contribution < 1.29 is 33.3 Å². The highest BCUT2D eigenvalue weighted by molar-refractivity contribution is 5.93. The van der Waals surface area contributed by atoms with E-state index in [2.05, 4.69) is 53.9 Å². The zero-order chi connectivity index (χ0) is 17.3. The SMILES string of the molecule is Cc1cc2c3ccccc3cc[n+]2c2c1CCCC2.[O-][Cl+3]([O-])([O-])[O-]. The molecule has 2 aromatic heterocycles. The molecule has 1 aliphatic carbocycles. The molecule has 2 heterocycles. The summed E-state index contributed by atoms with van der Waals surface area (Å²) in [5.41, 5.74) is 5.94. The minimum absolute atomic E-state index is 1.22. The number of rotatable bonds is 0. The molecule has 0 N–H and O–H groups in total. The Morgan fingerprint density at radius 2 is 1.62 bits per heavy atom. The maximum absolute atomic E-state index is 8.49. The van der Waals surface area contributed by atoms with Gasteiger partial charge in [0.1, 0.15) is 0 Å². The van der Waals surface area contributed by atoms with Crippen LogP contribution in [-0.4, -0.2) is 0 Å². The Labute approximate surface area is 142 Å². The van der Waals surface area contributed by atoms with E-state index in [4.69, 9.17) is 18.6 Å². The molecule has 0 spiro atoms. The first-order valence-corrected chi connectivity index (χ1v) is 9.04. The number of aryl methyl sites for hydroxylation is 2. The van der Waals surface area contributed by atoms with Crippen molar-refractivity contribution in [1.82, 2.24) is 0 Å². The topological polar surface area (TPSA) is 96.3 Å². The first-order chi connectivity index (χ1) is 11.3. The van der Waals surface area contributed by atoms with Gasteiger partial charge in [-0.3, -0.25) is 0 Å². The Morgan fingerprint density at radius 3 is 2.38 bits per heavy atom. The zero-order valence-electron chi connectivity index (χ0n) is 13.3. The van der Waals surface area contributed by atoms with Crippen molar-refractivity contribution in [3.05, 3.63) is 59.4 Å². The van der Waals surface area contributed by atoms with Crippen molar-refractivity contribution in [1.29, 1.82) is 0 Å². The minimum atomic E-state index is -4.94. The molecular formula is C18H18ClNO4. The molecule has 0 radical (unpaired) electrons. The van der Waals surface area contributed by atoms with Gasteiger partial charge in [0.15, 0.2) is 11.9 Å². The summed E-state index contributed by atoms with van der Waals surface area (Å²) in [6, 6.07) is 13.3. The van der Waals surface area contributed by atoms with E-state index in [1.807, 2.05) is 0 Å². The van der Waals surface area contributed by atoms with Crippen molar-refractivity contribution in [2.75, 3.05) is 0 Å². The summed E-state index contributed by atoms with van der Waals surface area (Å²) >= 11 is 0. The van der Waals surface area contributed by atoms with Gasteiger partial charge in [0.25, 0.3) is 0 Å². The maximum atomic E-state index is 8.49. The monoisotopic (exact) mass is 347 g/mol. The van der Waals surface area contributed by atoms with Crippen LogP contribution in [0.5, 0.6) is 0 Å². The standard InChI is InChI=1S/C18H18N.ClHO4/c1-13-12-18-16-8-3-2-6-14(16)10-11-19(18)17-9-5-4-7-15(13)17;2-1(3,4)5/h2-3,6,8,10-12H,4-5,7,9H2,1H3;(H,2,3,4,5)/q+1;/p-1. The largest absolute Gasteiger partial charge is 0.222 e. The highest BCUT2D eigenvalue weighted by Gasteiger charge is 2.22. The molecule has 0 atom stereocenters. The van der Waals surface area contributed by atoms with Gasteiger partial charge in [-0.1, -0.05) is 18.2 Å². The van der Waals surface area contributed by atoms with E-state index < -0.39 is 10.2 Å². The highest BCUT2D eigenvalue weighted by atomic mass is 35.7. The summed E-state index contributed by atoms with van der Waals surface area (Å²) in [6.07, 6.45) is 7.38. The maximum Gasteiger partial charge on any atom is 0.218 e. The second kappa shape index (κ2) is 6.63. The average molecular weight is 348 g/mol. The molecular weight excluding hydrogens is 330 g/mol. The molecule has 0 amide bonds. The molecule has 0 saturated heterocycles. The van der Waals surface area contributed by atoms with E-state index in [0.717, 1.165) is 0 Å². The van der Waals surface area contributed by atoms with Crippen LogP contribution < -0.4 is 23.0 Å². The lowest BCUT2D eigenvalue weighted by atomic mass is 9.91. The number of pyridine rings is 2. The van der Waals surface area contributed by atoms with E-state index in [1.54, 1.807) is 5.56 Å². The normalized spacial score (nSPS) is 14.2. The van der Waals surface area contributed by atoms with Crippen LogP contribution in [0.1, 0.15) is 29.7 Å². The predicted molar refractivity (Wildman–Crippen MR) is 78.5 cm³/mol. The third-order valence-electron chi connectivity index (χ3n) is 4.46. The van der Waals surface area contributed by atoms with Gasteiger partial charge >= 0.3 is 0 Å². The quantitative estimate of drug-likeness (QED) is 0.385. The van der Waals surface area contributed by atoms with E-state index >= 15 is 0 Å². The van der Waals surface area contributed by atoms with Crippen molar-refractivity contribution >= 4 is 16.3 Å². The second-order valence-corrected chi connectivity index (χ2v) is 6.75. The van der Waals surface area contributed by atoms with Crippen molar-refractivity contribution in [2.45, 2.75) is 32.6 Å². The predicted octanol–water partition coefficient (Wildman–Crippen LogP) is -0.990. The van der Waals surface area contributed by atoms with Gasteiger partial charge in [-0.25, -0.2) is 18.6 Å². The van der Waals surface area contributed by atoms with E-state index in [9.17, 15) is 0 Å². The van der Waals surface area contributed by atoms with Crippen LogP contribution in [-0.2, 0) is 12.8 Å². The number of hydrogen-bond acceptors (Lipinski definition) is 4. The smallest absolute Gasteiger partial charge is 0.218 e. The molecule has 0 saturated carbocycles. The van der Waals surface area contributed by atoms with Crippen LogP contribution in [0.3, 0.4) is 0 Å². The Kier molecular flexibility index (Phi) is 4.71. The summed E-state index contributed by atoms with van der Waals surface area (Å²) in [7, 11) is -4.94.